The Morgan fingerprint density at radius 2 is 2.00 bits per heavy atom. The van der Waals surface area contributed by atoms with Gasteiger partial charge < -0.3 is 9.64 Å². The summed E-state index contributed by atoms with van der Waals surface area (Å²) < 4.78 is 4.96. The molecule has 3 nitrogen and oxygen atoms in total. The van der Waals surface area contributed by atoms with Crippen LogP contribution in [-0.4, -0.2) is 36.6 Å². The van der Waals surface area contributed by atoms with Crippen molar-refractivity contribution in [1.82, 2.24) is 4.90 Å². The van der Waals surface area contributed by atoms with E-state index in [1.807, 2.05) is 4.90 Å². The van der Waals surface area contributed by atoms with E-state index in [4.69, 9.17) is 4.74 Å². The lowest BCUT2D eigenvalue weighted by Crippen LogP contribution is -2.40. The van der Waals surface area contributed by atoms with Crippen molar-refractivity contribution in [2.24, 2.45) is 5.92 Å². The predicted octanol–water partition coefficient (Wildman–Crippen LogP) is 0.644. The lowest BCUT2D eigenvalue weighted by atomic mass is 9.99. The summed E-state index contributed by atoms with van der Waals surface area (Å²) in [4.78, 5) is 13.4. The second kappa shape index (κ2) is 3.05. The van der Waals surface area contributed by atoms with E-state index in [9.17, 15) is 4.79 Å². The highest BCUT2D eigenvalue weighted by Crippen LogP contribution is 2.20. The quantitative estimate of drug-likeness (QED) is 0.540. The van der Waals surface area contributed by atoms with Crippen molar-refractivity contribution in [2.75, 3.05) is 19.7 Å². The summed E-state index contributed by atoms with van der Waals surface area (Å²) in [5, 5.41) is 0. The maximum absolute atomic E-state index is 11.5. The van der Waals surface area contributed by atoms with E-state index in [2.05, 4.69) is 6.92 Å². The average Bonchev–Trinajstić information content (AvgIpc) is 2.87. The minimum absolute atomic E-state index is 0.0848. The van der Waals surface area contributed by atoms with Crippen molar-refractivity contribution in [3.8, 4) is 0 Å². The van der Waals surface area contributed by atoms with E-state index in [-0.39, 0.29) is 12.0 Å². The number of hydrogen-bond donors (Lipinski definition) is 0. The smallest absolute Gasteiger partial charge is 0.254 e. The Kier molecular flexibility index (Phi) is 2.05. The SMILES string of the molecule is CC1CCN(C(=O)C2CO2)CC1. The van der Waals surface area contributed by atoms with Crippen LogP contribution in [0.25, 0.3) is 0 Å². The Bertz CT molecular complexity index is 181. The number of hydrogen-bond acceptors (Lipinski definition) is 2. The summed E-state index contributed by atoms with van der Waals surface area (Å²) in [6, 6.07) is 0. The number of epoxide rings is 1. The van der Waals surface area contributed by atoms with Crippen LogP contribution in [0.4, 0.5) is 0 Å². The van der Waals surface area contributed by atoms with Crippen LogP contribution in [-0.2, 0) is 9.53 Å². The monoisotopic (exact) mass is 169 g/mol. The Morgan fingerprint density at radius 1 is 1.42 bits per heavy atom. The molecule has 3 heteroatoms. The van der Waals surface area contributed by atoms with Gasteiger partial charge in [-0.15, -0.1) is 0 Å². The van der Waals surface area contributed by atoms with Gasteiger partial charge in [0.2, 0.25) is 0 Å². The Morgan fingerprint density at radius 3 is 2.50 bits per heavy atom. The maximum atomic E-state index is 11.5. The fraction of sp³-hybridized carbons (Fsp3) is 0.889. The van der Waals surface area contributed by atoms with Crippen LogP contribution in [0.3, 0.4) is 0 Å². The lowest BCUT2D eigenvalue weighted by Gasteiger charge is -2.29. The lowest BCUT2D eigenvalue weighted by molar-refractivity contribution is -0.133. The Hall–Kier alpha value is -0.570. The molecule has 0 radical (unpaired) electrons. The highest BCUT2D eigenvalue weighted by atomic mass is 16.6. The highest BCUT2D eigenvalue weighted by Gasteiger charge is 2.35. The van der Waals surface area contributed by atoms with Crippen LogP contribution in [0.5, 0.6) is 0 Å². The van der Waals surface area contributed by atoms with Gasteiger partial charge in [-0.3, -0.25) is 4.79 Å². The van der Waals surface area contributed by atoms with Gasteiger partial charge in [0.25, 0.3) is 5.91 Å². The highest BCUT2D eigenvalue weighted by molar-refractivity contribution is 5.83. The number of amides is 1. The molecule has 0 aromatic rings. The first kappa shape index (κ1) is 8.05. The van der Waals surface area contributed by atoms with Gasteiger partial charge in [0.1, 0.15) is 0 Å². The Balaban J connectivity index is 1.84. The summed E-state index contributed by atoms with van der Waals surface area (Å²) in [6.07, 6.45) is 2.22. The molecule has 0 aromatic carbocycles. The molecule has 0 spiro atoms. The molecule has 0 aromatic heterocycles. The zero-order valence-electron chi connectivity index (χ0n) is 7.45. The molecule has 0 saturated carbocycles. The zero-order chi connectivity index (χ0) is 8.55. The molecule has 2 aliphatic heterocycles. The number of rotatable bonds is 1. The van der Waals surface area contributed by atoms with Gasteiger partial charge in [0.05, 0.1) is 6.61 Å². The summed E-state index contributed by atoms with van der Waals surface area (Å²) >= 11 is 0. The molecule has 2 aliphatic rings. The maximum Gasteiger partial charge on any atom is 0.254 e. The van der Waals surface area contributed by atoms with E-state index >= 15 is 0 Å². The normalized spacial score (nSPS) is 30.4. The van der Waals surface area contributed by atoms with Crippen LogP contribution in [0.1, 0.15) is 19.8 Å². The molecular formula is C9H15NO2. The van der Waals surface area contributed by atoms with Gasteiger partial charge in [-0.25, -0.2) is 0 Å². The van der Waals surface area contributed by atoms with Gasteiger partial charge in [0.15, 0.2) is 6.10 Å². The molecule has 2 heterocycles. The molecule has 1 amide bonds. The summed E-state index contributed by atoms with van der Waals surface area (Å²) in [7, 11) is 0. The van der Waals surface area contributed by atoms with E-state index in [0.717, 1.165) is 31.8 Å². The van der Waals surface area contributed by atoms with E-state index in [1.165, 1.54) is 0 Å². The number of ether oxygens (including phenoxy) is 1. The number of likely N-dealkylation sites (tertiary alicyclic amines) is 1. The van der Waals surface area contributed by atoms with Crippen molar-refractivity contribution in [3.05, 3.63) is 0 Å². The minimum atomic E-state index is -0.0848. The Labute approximate surface area is 72.7 Å². The van der Waals surface area contributed by atoms with Crippen LogP contribution >= 0.6 is 0 Å². The largest absolute Gasteiger partial charge is 0.363 e. The predicted molar refractivity (Wildman–Crippen MR) is 44.7 cm³/mol. The fourth-order valence-electron chi connectivity index (χ4n) is 1.62. The molecule has 12 heavy (non-hydrogen) atoms. The molecule has 0 N–H and O–H groups in total. The standard InChI is InChI=1S/C9H15NO2/c1-7-2-4-10(5-3-7)9(11)8-6-12-8/h7-8H,2-6H2,1H3. The van der Waals surface area contributed by atoms with Crippen LogP contribution in [0, 0.1) is 5.92 Å². The third kappa shape index (κ3) is 1.61. The minimum Gasteiger partial charge on any atom is -0.363 e. The van der Waals surface area contributed by atoms with Gasteiger partial charge in [0, 0.05) is 13.1 Å². The first-order valence-electron chi connectivity index (χ1n) is 4.68. The number of carbonyl (C=O) groups is 1. The van der Waals surface area contributed by atoms with Crippen molar-refractivity contribution in [2.45, 2.75) is 25.9 Å². The first-order chi connectivity index (χ1) is 5.77. The van der Waals surface area contributed by atoms with Crippen molar-refractivity contribution >= 4 is 5.91 Å². The molecule has 2 saturated heterocycles. The summed E-state index contributed by atoms with van der Waals surface area (Å²) in [5.74, 6) is 0.996. The zero-order valence-corrected chi connectivity index (χ0v) is 7.45. The second-order valence-electron chi connectivity index (χ2n) is 3.83. The second-order valence-corrected chi connectivity index (χ2v) is 3.83. The fourth-order valence-corrected chi connectivity index (χ4v) is 1.62. The van der Waals surface area contributed by atoms with E-state index < -0.39 is 0 Å². The summed E-state index contributed by atoms with van der Waals surface area (Å²) in [5.41, 5.74) is 0. The third-order valence-electron chi connectivity index (χ3n) is 2.70. The van der Waals surface area contributed by atoms with Gasteiger partial charge >= 0.3 is 0 Å². The molecule has 2 rings (SSSR count). The first-order valence-corrected chi connectivity index (χ1v) is 4.68. The topological polar surface area (TPSA) is 32.8 Å². The number of carbonyl (C=O) groups excluding carboxylic acids is 1. The van der Waals surface area contributed by atoms with E-state index in [1.54, 1.807) is 0 Å². The molecule has 2 fully saturated rings. The number of piperidine rings is 1. The van der Waals surface area contributed by atoms with Crippen LogP contribution < -0.4 is 0 Å². The van der Waals surface area contributed by atoms with Crippen molar-refractivity contribution in [3.63, 3.8) is 0 Å². The molecule has 68 valence electrons. The molecule has 1 atom stereocenters. The van der Waals surface area contributed by atoms with Crippen LogP contribution in [0.15, 0.2) is 0 Å². The summed E-state index contributed by atoms with van der Waals surface area (Å²) in [6.45, 7) is 4.75. The van der Waals surface area contributed by atoms with E-state index in [0.29, 0.717) is 6.61 Å². The van der Waals surface area contributed by atoms with Crippen molar-refractivity contribution in [1.29, 1.82) is 0 Å². The van der Waals surface area contributed by atoms with Gasteiger partial charge in [-0.1, -0.05) is 6.92 Å². The van der Waals surface area contributed by atoms with Gasteiger partial charge in [-0.2, -0.15) is 0 Å². The third-order valence-corrected chi connectivity index (χ3v) is 2.70. The van der Waals surface area contributed by atoms with Gasteiger partial charge in [-0.05, 0) is 18.8 Å². The van der Waals surface area contributed by atoms with Crippen molar-refractivity contribution < 1.29 is 9.53 Å². The molecule has 0 aliphatic carbocycles. The average molecular weight is 169 g/mol. The number of nitrogens with zero attached hydrogens (tertiary/aromatic N) is 1. The molecule has 1 unspecified atom stereocenters. The molecule has 0 bridgehead atoms. The molecular weight excluding hydrogens is 154 g/mol. The van der Waals surface area contributed by atoms with Crippen LogP contribution in [0.2, 0.25) is 0 Å².